The van der Waals surface area contributed by atoms with E-state index in [1.165, 1.54) is 6.20 Å². The van der Waals surface area contributed by atoms with Gasteiger partial charge in [0, 0.05) is 22.7 Å². The number of hydrogen-bond donors (Lipinski definition) is 3. The van der Waals surface area contributed by atoms with E-state index in [-0.39, 0.29) is 17.1 Å². The summed E-state index contributed by atoms with van der Waals surface area (Å²) in [6, 6.07) is 12.8. The van der Waals surface area contributed by atoms with Gasteiger partial charge in [0.2, 0.25) is 5.82 Å². The van der Waals surface area contributed by atoms with E-state index in [1.54, 1.807) is 12.1 Å². The van der Waals surface area contributed by atoms with Crippen molar-refractivity contribution in [1.82, 2.24) is 20.6 Å². The van der Waals surface area contributed by atoms with Crippen LogP contribution in [-0.2, 0) is 0 Å². The van der Waals surface area contributed by atoms with Crippen LogP contribution in [0.15, 0.2) is 42.6 Å². The molecule has 0 radical (unpaired) electrons. The highest BCUT2D eigenvalue weighted by atomic mass is 16.3. The van der Waals surface area contributed by atoms with E-state index in [0.717, 1.165) is 16.5 Å². The molecule has 0 fully saturated rings. The number of benzene rings is 2. The average molecular weight is 278 g/mol. The Morgan fingerprint density at radius 3 is 2.76 bits per heavy atom. The zero-order chi connectivity index (χ0) is 14.7. The van der Waals surface area contributed by atoms with Gasteiger partial charge in [-0.25, -0.2) is 0 Å². The molecule has 7 heteroatoms. The minimum absolute atomic E-state index is 0.207. The Morgan fingerprint density at radius 2 is 2.05 bits per heavy atom. The van der Waals surface area contributed by atoms with Crippen molar-refractivity contribution in [2.75, 3.05) is 5.32 Å². The zero-order valence-electron chi connectivity index (χ0n) is 10.8. The molecule has 0 aliphatic carbocycles. The third-order valence-corrected chi connectivity index (χ3v) is 2.98. The first-order valence-electron chi connectivity index (χ1n) is 6.11. The normalized spacial score (nSPS) is 11.3. The SMILES string of the molecule is N#CC(=CNc1ccc(O)c2ccccc12)c1nn[nH]n1. The first-order valence-corrected chi connectivity index (χ1v) is 6.11. The van der Waals surface area contributed by atoms with Crippen LogP contribution in [0.3, 0.4) is 0 Å². The molecule has 0 unspecified atom stereocenters. The summed E-state index contributed by atoms with van der Waals surface area (Å²) in [6.07, 6.45) is 1.50. The monoisotopic (exact) mass is 278 g/mol. The summed E-state index contributed by atoms with van der Waals surface area (Å²) in [5.74, 6) is 0.423. The Hall–Kier alpha value is -3.40. The van der Waals surface area contributed by atoms with Gasteiger partial charge in [0.1, 0.15) is 17.4 Å². The molecular weight excluding hydrogens is 268 g/mol. The molecule has 3 aromatic rings. The van der Waals surface area contributed by atoms with Crippen molar-refractivity contribution in [3.63, 3.8) is 0 Å². The molecule has 0 aliphatic rings. The van der Waals surface area contributed by atoms with Crippen molar-refractivity contribution in [2.24, 2.45) is 0 Å². The molecule has 0 atom stereocenters. The summed E-state index contributed by atoms with van der Waals surface area (Å²) >= 11 is 0. The van der Waals surface area contributed by atoms with Gasteiger partial charge in [0.05, 0.1) is 0 Å². The van der Waals surface area contributed by atoms with E-state index >= 15 is 0 Å². The van der Waals surface area contributed by atoms with E-state index in [4.69, 9.17) is 5.26 Å². The maximum absolute atomic E-state index is 9.84. The molecular formula is C14H10N6O. The Balaban J connectivity index is 1.99. The van der Waals surface area contributed by atoms with Gasteiger partial charge in [0.25, 0.3) is 0 Å². The number of phenols is 1. The predicted octanol–water partition coefficient (Wildman–Crippen LogP) is 2.04. The van der Waals surface area contributed by atoms with Crippen molar-refractivity contribution in [3.8, 4) is 11.8 Å². The summed E-state index contributed by atoms with van der Waals surface area (Å²) in [5.41, 5.74) is 1.01. The first kappa shape index (κ1) is 12.6. The third kappa shape index (κ3) is 2.37. The fourth-order valence-corrected chi connectivity index (χ4v) is 1.98. The van der Waals surface area contributed by atoms with Gasteiger partial charge in [-0.1, -0.05) is 24.3 Å². The zero-order valence-corrected chi connectivity index (χ0v) is 10.8. The third-order valence-electron chi connectivity index (χ3n) is 2.98. The van der Waals surface area contributed by atoms with E-state index < -0.39 is 0 Å². The summed E-state index contributed by atoms with van der Waals surface area (Å²) in [6.45, 7) is 0. The Morgan fingerprint density at radius 1 is 1.24 bits per heavy atom. The Bertz CT molecular complexity index is 848. The highest BCUT2D eigenvalue weighted by Gasteiger charge is 2.07. The topological polar surface area (TPSA) is 111 Å². The first-order chi connectivity index (χ1) is 10.3. The number of anilines is 1. The van der Waals surface area contributed by atoms with Crippen molar-refractivity contribution < 1.29 is 5.11 Å². The standard InChI is InChI=1S/C14H10N6O/c15-7-9(14-17-19-20-18-14)8-16-12-5-6-13(21)11-4-2-1-3-10(11)12/h1-6,8,16,21H,(H,17,18,19,20). The van der Waals surface area contributed by atoms with E-state index in [2.05, 4.69) is 25.9 Å². The number of tetrazole rings is 1. The molecule has 0 amide bonds. The molecule has 7 nitrogen and oxygen atoms in total. The maximum Gasteiger partial charge on any atom is 0.216 e. The van der Waals surface area contributed by atoms with Gasteiger partial charge in [-0.3, -0.25) is 0 Å². The molecule has 0 bridgehead atoms. The molecule has 1 heterocycles. The van der Waals surface area contributed by atoms with Crippen LogP contribution in [0, 0.1) is 11.3 Å². The quantitative estimate of drug-likeness (QED) is 0.499. The number of H-pyrrole nitrogens is 1. The van der Waals surface area contributed by atoms with Crippen molar-refractivity contribution in [1.29, 1.82) is 5.26 Å². The number of fused-ring (bicyclic) bond motifs is 1. The number of nitriles is 1. The number of aromatic nitrogens is 4. The molecule has 21 heavy (non-hydrogen) atoms. The number of nitrogens with one attached hydrogen (secondary N) is 2. The number of allylic oxidation sites excluding steroid dienone is 1. The number of phenolic OH excluding ortho intramolecular Hbond substituents is 1. The van der Waals surface area contributed by atoms with Crippen LogP contribution in [0.4, 0.5) is 5.69 Å². The summed E-state index contributed by atoms with van der Waals surface area (Å²) in [5, 5.41) is 36.8. The number of hydrogen-bond acceptors (Lipinski definition) is 6. The van der Waals surface area contributed by atoms with Crippen molar-refractivity contribution in [2.45, 2.75) is 0 Å². The average Bonchev–Trinajstić information content (AvgIpc) is 3.04. The molecule has 102 valence electrons. The molecule has 0 saturated heterocycles. The molecule has 2 aromatic carbocycles. The van der Waals surface area contributed by atoms with E-state index in [0.29, 0.717) is 0 Å². The predicted molar refractivity (Wildman–Crippen MR) is 77.0 cm³/mol. The smallest absolute Gasteiger partial charge is 0.216 e. The second kappa shape index (κ2) is 5.30. The summed E-state index contributed by atoms with van der Waals surface area (Å²) < 4.78 is 0. The molecule has 3 N–H and O–H groups in total. The number of aromatic amines is 1. The van der Waals surface area contributed by atoms with Gasteiger partial charge in [-0.2, -0.15) is 10.5 Å². The van der Waals surface area contributed by atoms with Gasteiger partial charge >= 0.3 is 0 Å². The molecule has 0 spiro atoms. The van der Waals surface area contributed by atoms with Crippen LogP contribution in [-0.4, -0.2) is 25.7 Å². The number of aromatic hydroxyl groups is 1. The van der Waals surface area contributed by atoms with Crippen LogP contribution >= 0.6 is 0 Å². The lowest BCUT2D eigenvalue weighted by atomic mass is 10.1. The number of nitrogens with zero attached hydrogens (tertiary/aromatic N) is 4. The molecule has 1 aromatic heterocycles. The van der Waals surface area contributed by atoms with Gasteiger partial charge < -0.3 is 10.4 Å². The number of rotatable bonds is 3. The Kier molecular flexibility index (Phi) is 3.19. The highest BCUT2D eigenvalue weighted by Crippen LogP contribution is 2.30. The lowest BCUT2D eigenvalue weighted by Crippen LogP contribution is -1.94. The van der Waals surface area contributed by atoms with Crippen LogP contribution < -0.4 is 5.32 Å². The van der Waals surface area contributed by atoms with E-state index in [9.17, 15) is 5.11 Å². The van der Waals surface area contributed by atoms with Crippen LogP contribution in [0.5, 0.6) is 5.75 Å². The van der Waals surface area contributed by atoms with E-state index in [1.807, 2.05) is 30.3 Å². The minimum atomic E-state index is 0.207. The minimum Gasteiger partial charge on any atom is -0.507 e. The summed E-state index contributed by atoms with van der Waals surface area (Å²) in [4.78, 5) is 0. The van der Waals surface area contributed by atoms with Crippen molar-refractivity contribution in [3.05, 3.63) is 48.4 Å². The lowest BCUT2D eigenvalue weighted by molar-refractivity contribution is 0.481. The largest absolute Gasteiger partial charge is 0.507 e. The molecule has 0 aliphatic heterocycles. The molecule has 0 saturated carbocycles. The van der Waals surface area contributed by atoms with Crippen LogP contribution in [0.2, 0.25) is 0 Å². The second-order valence-corrected chi connectivity index (χ2v) is 4.23. The highest BCUT2D eigenvalue weighted by molar-refractivity contribution is 5.98. The van der Waals surface area contributed by atoms with Crippen LogP contribution in [0.25, 0.3) is 16.3 Å². The fourth-order valence-electron chi connectivity index (χ4n) is 1.98. The van der Waals surface area contributed by atoms with Gasteiger partial charge in [-0.15, -0.1) is 10.2 Å². The van der Waals surface area contributed by atoms with Gasteiger partial charge in [-0.05, 0) is 17.3 Å². The maximum atomic E-state index is 9.84. The fraction of sp³-hybridized carbons (Fsp3) is 0. The van der Waals surface area contributed by atoms with Gasteiger partial charge in [0.15, 0.2) is 0 Å². The molecule has 3 rings (SSSR count). The summed E-state index contributed by atoms with van der Waals surface area (Å²) in [7, 11) is 0. The Labute approximate surface area is 119 Å². The lowest BCUT2D eigenvalue weighted by Gasteiger charge is -2.07. The van der Waals surface area contributed by atoms with Crippen LogP contribution in [0.1, 0.15) is 5.82 Å². The second-order valence-electron chi connectivity index (χ2n) is 4.23. The van der Waals surface area contributed by atoms with Crippen molar-refractivity contribution >= 4 is 22.0 Å².